The lowest BCUT2D eigenvalue weighted by atomic mass is 10.2. The summed E-state index contributed by atoms with van der Waals surface area (Å²) in [4.78, 5) is 11.7. The van der Waals surface area contributed by atoms with Crippen LogP contribution >= 0.6 is 11.6 Å². The molecule has 0 unspecified atom stereocenters. The first kappa shape index (κ1) is 12.3. The van der Waals surface area contributed by atoms with Gasteiger partial charge in [0.1, 0.15) is 5.82 Å². The molecule has 0 spiro atoms. The number of hydrogen-bond acceptors (Lipinski definition) is 2. The minimum Gasteiger partial charge on any atom is -0.321 e. The zero-order valence-electron chi connectivity index (χ0n) is 8.90. The predicted molar refractivity (Wildman–Crippen MR) is 61.0 cm³/mol. The summed E-state index contributed by atoms with van der Waals surface area (Å²) in [5.41, 5.74) is -0.174. The molecule has 1 heterocycles. The zero-order chi connectivity index (χ0) is 12.4. The lowest BCUT2D eigenvalue weighted by molar-refractivity contribution is -0.117. The molecule has 0 aromatic heterocycles. The molecule has 0 radical (unpaired) electrons. The van der Waals surface area contributed by atoms with Crippen LogP contribution in [0.5, 0.6) is 0 Å². The van der Waals surface area contributed by atoms with Crippen LogP contribution in [0.4, 0.5) is 14.5 Å². The Hall–Kier alpha value is -1.20. The van der Waals surface area contributed by atoms with Crippen LogP contribution in [0.1, 0.15) is 12.8 Å². The first-order chi connectivity index (χ1) is 8.08. The Labute approximate surface area is 102 Å². The number of hydrogen-bond donors (Lipinski definition) is 2. The summed E-state index contributed by atoms with van der Waals surface area (Å²) in [5, 5.41) is 5.20. The van der Waals surface area contributed by atoms with Crippen molar-refractivity contribution in [3.8, 4) is 0 Å². The highest BCUT2D eigenvalue weighted by Crippen LogP contribution is 2.26. The van der Waals surface area contributed by atoms with Gasteiger partial charge in [0.05, 0.1) is 16.8 Å². The maximum atomic E-state index is 13.4. The maximum absolute atomic E-state index is 13.4. The van der Waals surface area contributed by atoms with Gasteiger partial charge in [0.2, 0.25) is 5.91 Å². The van der Waals surface area contributed by atoms with Gasteiger partial charge in [-0.15, -0.1) is 0 Å². The van der Waals surface area contributed by atoms with Gasteiger partial charge in [0.25, 0.3) is 0 Å². The fraction of sp³-hybridized carbons (Fsp3) is 0.364. The summed E-state index contributed by atoms with van der Waals surface area (Å²) in [7, 11) is 0. The molecule has 0 saturated carbocycles. The molecular formula is C11H11ClF2N2O. The second kappa shape index (κ2) is 4.98. The molecule has 3 nitrogen and oxygen atoms in total. The first-order valence-corrected chi connectivity index (χ1v) is 5.64. The average molecular weight is 261 g/mol. The summed E-state index contributed by atoms with van der Waals surface area (Å²) < 4.78 is 26.2. The Morgan fingerprint density at radius 3 is 2.82 bits per heavy atom. The molecule has 0 aliphatic carbocycles. The number of benzene rings is 1. The van der Waals surface area contributed by atoms with Gasteiger partial charge in [0, 0.05) is 6.07 Å². The summed E-state index contributed by atoms with van der Waals surface area (Å²) in [6.07, 6.45) is 1.60. The highest BCUT2D eigenvalue weighted by Gasteiger charge is 2.23. The van der Waals surface area contributed by atoms with E-state index in [1.807, 2.05) is 0 Å². The molecule has 1 atom stereocenters. The average Bonchev–Trinajstić information content (AvgIpc) is 2.76. The van der Waals surface area contributed by atoms with E-state index in [-0.39, 0.29) is 22.7 Å². The van der Waals surface area contributed by atoms with E-state index >= 15 is 0 Å². The molecule has 2 rings (SSSR count). The molecule has 2 N–H and O–H groups in total. The van der Waals surface area contributed by atoms with Crippen LogP contribution < -0.4 is 10.6 Å². The van der Waals surface area contributed by atoms with Gasteiger partial charge in [-0.3, -0.25) is 4.79 Å². The van der Waals surface area contributed by atoms with Gasteiger partial charge in [-0.05, 0) is 25.5 Å². The summed E-state index contributed by atoms with van der Waals surface area (Å²) in [5.74, 6) is -2.00. The third-order valence-corrected chi connectivity index (χ3v) is 2.93. The van der Waals surface area contributed by atoms with Gasteiger partial charge in [0.15, 0.2) is 5.82 Å². The van der Waals surface area contributed by atoms with Crippen molar-refractivity contribution in [2.45, 2.75) is 18.9 Å². The minimum absolute atomic E-state index is 0.145. The molecule has 0 bridgehead atoms. The van der Waals surface area contributed by atoms with E-state index in [1.54, 1.807) is 0 Å². The van der Waals surface area contributed by atoms with Crippen molar-refractivity contribution in [1.82, 2.24) is 5.32 Å². The zero-order valence-corrected chi connectivity index (χ0v) is 9.65. The van der Waals surface area contributed by atoms with E-state index in [0.717, 1.165) is 19.0 Å². The highest BCUT2D eigenvalue weighted by atomic mass is 35.5. The van der Waals surface area contributed by atoms with E-state index in [1.165, 1.54) is 0 Å². The Balaban J connectivity index is 2.15. The van der Waals surface area contributed by atoms with Crippen molar-refractivity contribution in [3.63, 3.8) is 0 Å². The van der Waals surface area contributed by atoms with Crippen molar-refractivity contribution in [1.29, 1.82) is 0 Å². The smallest absolute Gasteiger partial charge is 0.241 e. The second-order valence-electron chi connectivity index (χ2n) is 3.88. The maximum Gasteiger partial charge on any atom is 0.241 e. The molecule has 1 aliphatic heterocycles. The molecule has 1 aromatic carbocycles. The van der Waals surface area contributed by atoms with Crippen LogP contribution in [0.3, 0.4) is 0 Å². The summed E-state index contributed by atoms with van der Waals surface area (Å²) >= 11 is 5.67. The quantitative estimate of drug-likeness (QED) is 0.857. The van der Waals surface area contributed by atoms with Crippen molar-refractivity contribution < 1.29 is 13.6 Å². The van der Waals surface area contributed by atoms with E-state index in [9.17, 15) is 13.6 Å². The molecular weight excluding hydrogens is 250 g/mol. The largest absolute Gasteiger partial charge is 0.321 e. The topological polar surface area (TPSA) is 41.1 Å². The lowest BCUT2D eigenvalue weighted by Crippen LogP contribution is -2.35. The highest BCUT2D eigenvalue weighted by molar-refractivity contribution is 6.33. The van der Waals surface area contributed by atoms with Crippen LogP contribution in [0, 0.1) is 11.6 Å². The fourth-order valence-corrected chi connectivity index (χ4v) is 2.02. The molecule has 92 valence electrons. The third kappa shape index (κ3) is 2.73. The fourth-order valence-electron chi connectivity index (χ4n) is 1.78. The van der Waals surface area contributed by atoms with Crippen LogP contribution in [-0.2, 0) is 4.79 Å². The Bertz CT molecular complexity index is 424. The van der Waals surface area contributed by atoms with Crippen LogP contribution in [0.15, 0.2) is 12.1 Å². The van der Waals surface area contributed by atoms with Gasteiger partial charge in [-0.2, -0.15) is 0 Å². The van der Waals surface area contributed by atoms with Crippen molar-refractivity contribution in [2.24, 2.45) is 0 Å². The van der Waals surface area contributed by atoms with E-state index in [0.29, 0.717) is 12.5 Å². The Morgan fingerprint density at radius 1 is 1.47 bits per heavy atom. The predicted octanol–water partition coefficient (Wildman–Crippen LogP) is 2.31. The first-order valence-electron chi connectivity index (χ1n) is 5.26. The van der Waals surface area contributed by atoms with E-state index in [2.05, 4.69) is 10.6 Å². The summed E-state index contributed by atoms with van der Waals surface area (Å²) in [6, 6.07) is 1.31. The number of rotatable bonds is 2. The Morgan fingerprint density at radius 2 is 2.24 bits per heavy atom. The molecule has 1 fully saturated rings. The van der Waals surface area contributed by atoms with Gasteiger partial charge >= 0.3 is 0 Å². The number of amides is 1. The van der Waals surface area contributed by atoms with E-state index < -0.39 is 11.6 Å². The molecule has 1 aromatic rings. The monoisotopic (exact) mass is 260 g/mol. The van der Waals surface area contributed by atoms with Crippen LogP contribution in [-0.4, -0.2) is 18.5 Å². The molecule has 6 heteroatoms. The minimum atomic E-state index is -0.874. The number of halogens is 3. The summed E-state index contributed by atoms with van der Waals surface area (Å²) in [6.45, 7) is 0.762. The molecule has 1 amide bonds. The standard InChI is InChI=1S/C11H11ClF2N2O/c12-7-4-6(13)5-8(14)10(7)16-11(17)9-2-1-3-15-9/h4-5,9,15H,1-3H2,(H,16,17)/t9-/m0/s1. The van der Waals surface area contributed by atoms with Gasteiger partial charge in [-0.1, -0.05) is 11.6 Å². The lowest BCUT2D eigenvalue weighted by Gasteiger charge is -2.12. The molecule has 1 aliphatic rings. The van der Waals surface area contributed by atoms with Crippen molar-refractivity contribution >= 4 is 23.2 Å². The van der Waals surface area contributed by atoms with Crippen LogP contribution in [0.2, 0.25) is 5.02 Å². The molecule has 17 heavy (non-hydrogen) atoms. The van der Waals surface area contributed by atoms with Crippen molar-refractivity contribution in [2.75, 3.05) is 11.9 Å². The normalized spacial score (nSPS) is 19.4. The SMILES string of the molecule is O=C(Nc1c(F)cc(F)cc1Cl)[C@@H]1CCCN1. The van der Waals surface area contributed by atoms with Gasteiger partial charge < -0.3 is 10.6 Å². The Kier molecular flexibility index (Phi) is 3.59. The molecule has 1 saturated heterocycles. The number of carbonyl (C=O) groups excluding carboxylic acids is 1. The second-order valence-corrected chi connectivity index (χ2v) is 4.29. The van der Waals surface area contributed by atoms with E-state index in [4.69, 9.17) is 11.6 Å². The van der Waals surface area contributed by atoms with Gasteiger partial charge in [-0.25, -0.2) is 8.78 Å². The third-order valence-electron chi connectivity index (χ3n) is 2.63. The number of anilines is 1. The van der Waals surface area contributed by atoms with Crippen molar-refractivity contribution in [3.05, 3.63) is 28.8 Å². The number of carbonyl (C=O) groups is 1. The number of nitrogens with one attached hydrogen (secondary N) is 2. The van der Waals surface area contributed by atoms with Crippen LogP contribution in [0.25, 0.3) is 0 Å².